The molecule has 1 saturated heterocycles. The Bertz CT molecular complexity index is 541. The van der Waals surface area contributed by atoms with Gasteiger partial charge in [0.05, 0.1) is 5.56 Å². The number of carbonyl (C=O) groups excluding carboxylic acids is 1. The fourth-order valence-corrected chi connectivity index (χ4v) is 1.98. The minimum absolute atomic E-state index is 0.190. The first-order valence-electron chi connectivity index (χ1n) is 6.14. The molecule has 1 amide bonds. The lowest BCUT2D eigenvalue weighted by Crippen LogP contribution is -2.29. The quantitative estimate of drug-likeness (QED) is 0.898. The molecule has 1 aromatic rings. The third-order valence-corrected chi connectivity index (χ3v) is 3.07. The van der Waals surface area contributed by atoms with Crippen LogP contribution >= 0.6 is 0 Å². The Kier molecular flexibility index (Phi) is 4.17. The number of hydrogen-bond acceptors (Lipinski definition) is 3. The molecule has 0 spiro atoms. The van der Waals surface area contributed by atoms with Crippen molar-refractivity contribution in [3.63, 3.8) is 0 Å². The molecular weight excluding hydrogens is 291 g/mol. The van der Waals surface area contributed by atoms with E-state index in [0.29, 0.717) is 0 Å². The number of hydrogen-bond donors (Lipinski definition) is 2. The van der Waals surface area contributed by atoms with Crippen LogP contribution in [0.25, 0.3) is 0 Å². The summed E-state index contributed by atoms with van der Waals surface area (Å²) in [6, 6.07) is 3.96. The first-order valence-corrected chi connectivity index (χ1v) is 6.14. The number of ether oxygens (including phenoxy) is 1. The second-order valence-electron chi connectivity index (χ2n) is 4.59. The molecule has 0 unspecified atom stereocenters. The van der Waals surface area contributed by atoms with Gasteiger partial charge in [-0.05, 0) is 37.1 Å². The molecule has 1 heterocycles. The SMILES string of the molecule is O=C(Nc1ccc(C(F)(F)F)cc1)[C@@H]1CC[C@H](C(=O)O)O1. The molecule has 8 heteroatoms. The van der Waals surface area contributed by atoms with Gasteiger partial charge in [-0.25, -0.2) is 4.79 Å². The van der Waals surface area contributed by atoms with Crippen molar-refractivity contribution in [2.75, 3.05) is 5.32 Å². The van der Waals surface area contributed by atoms with Gasteiger partial charge in [0, 0.05) is 5.69 Å². The highest BCUT2D eigenvalue weighted by Crippen LogP contribution is 2.30. The van der Waals surface area contributed by atoms with Crippen molar-refractivity contribution in [1.29, 1.82) is 0 Å². The second-order valence-corrected chi connectivity index (χ2v) is 4.59. The Balaban J connectivity index is 1.96. The van der Waals surface area contributed by atoms with Gasteiger partial charge in [0.15, 0.2) is 6.10 Å². The zero-order chi connectivity index (χ0) is 15.6. The van der Waals surface area contributed by atoms with Crippen LogP contribution in [0.4, 0.5) is 18.9 Å². The largest absolute Gasteiger partial charge is 0.479 e. The molecule has 1 aliphatic rings. The van der Waals surface area contributed by atoms with E-state index in [0.717, 1.165) is 24.3 Å². The van der Waals surface area contributed by atoms with Gasteiger partial charge in [0.2, 0.25) is 0 Å². The maximum Gasteiger partial charge on any atom is 0.416 e. The van der Waals surface area contributed by atoms with Gasteiger partial charge in [-0.1, -0.05) is 0 Å². The predicted molar refractivity (Wildman–Crippen MR) is 65.6 cm³/mol. The van der Waals surface area contributed by atoms with Crippen LogP contribution in [0.15, 0.2) is 24.3 Å². The number of carbonyl (C=O) groups is 2. The van der Waals surface area contributed by atoms with E-state index < -0.39 is 35.8 Å². The number of anilines is 1. The van der Waals surface area contributed by atoms with Crippen LogP contribution in [-0.4, -0.2) is 29.2 Å². The third-order valence-electron chi connectivity index (χ3n) is 3.07. The van der Waals surface area contributed by atoms with Crippen LogP contribution in [0, 0.1) is 0 Å². The van der Waals surface area contributed by atoms with E-state index >= 15 is 0 Å². The lowest BCUT2D eigenvalue weighted by atomic mass is 10.1. The molecule has 0 bridgehead atoms. The maximum atomic E-state index is 12.4. The highest BCUT2D eigenvalue weighted by molar-refractivity contribution is 5.94. The summed E-state index contributed by atoms with van der Waals surface area (Å²) in [4.78, 5) is 22.5. The molecule has 0 aromatic heterocycles. The number of benzene rings is 1. The van der Waals surface area contributed by atoms with Gasteiger partial charge in [-0.3, -0.25) is 4.79 Å². The summed E-state index contributed by atoms with van der Waals surface area (Å²) in [6.07, 6.45) is -5.89. The van der Waals surface area contributed by atoms with Gasteiger partial charge in [-0.15, -0.1) is 0 Å². The zero-order valence-electron chi connectivity index (χ0n) is 10.7. The van der Waals surface area contributed by atoms with Crippen LogP contribution in [0.1, 0.15) is 18.4 Å². The number of rotatable bonds is 3. The maximum absolute atomic E-state index is 12.4. The van der Waals surface area contributed by atoms with Crippen LogP contribution in [0.2, 0.25) is 0 Å². The molecule has 0 aliphatic carbocycles. The molecule has 1 aliphatic heterocycles. The lowest BCUT2D eigenvalue weighted by molar-refractivity contribution is -0.150. The fourth-order valence-electron chi connectivity index (χ4n) is 1.98. The van der Waals surface area contributed by atoms with Gasteiger partial charge in [0.1, 0.15) is 6.10 Å². The van der Waals surface area contributed by atoms with E-state index in [-0.39, 0.29) is 18.5 Å². The summed E-state index contributed by atoms with van der Waals surface area (Å²) in [5.74, 6) is -1.71. The van der Waals surface area contributed by atoms with Crippen molar-refractivity contribution in [3.05, 3.63) is 29.8 Å². The van der Waals surface area contributed by atoms with Crippen LogP contribution < -0.4 is 5.32 Å². The molecule has 1 fully saturated rings. The van der Waals surface area contributed by atoms with E-state index in [2.05, 4.69) is 5.32 Å². The van der Waals surface area contributed by atoms with E-state index in [1.54, 1.807) is 0 Å². The fraction of sp³-hybridized carbons (Fsp3) is 0.385. The van der Waals surface area contributed by atoms with Crippen molar-refractivity contribution >= 4 is 17.6 Å². The first-order chi connectivity index (χ1) is 9.77. The Labute approximate surface area is 117 Å². The van der Waals surface area contributed by atoms with Crippen molar-refractivity contribution in [1.82, 2.24) is 0 Å². The number of alkyl halides is 3. The van der Waals surface area contributed by atoms with Crippen molar-refractivity contribution in [2.24, 2.45) is 0 Å². The summed E-state index contributed by atoms with van der Waals surface area (Å²) in [5.41, 5.74) is -0.626. The predicted octanol–water partition coefficient (Wildman–Crippen LogP) is 2.28. The van der Waals surface area contributed by atoms with E-state index in [1.165, 1.54) is 0 Å². The van der Waals surface area contributed by atoms with Crippen LogP contribution in [0.3, 0.4) is 0 Å². The molecule has 2 atom stereocenters. The number of aliphatic carboxylic acids is 1. The Morgan fingerprint density at radius 1 is 1.14 bits per heavy atom. The molecule has 2 rings (SSSR count). The topological polar surface area (TPSA) is 75.6 Å². The molecule has 1 aromatic carbocycles. The molecule has 114 valence electrons. The summed E-state index contributed by atoms with van der Waals surface area (Å²) in [7, 11) is 0. The van der Waals surface area contributed by atoms with E-state index in [4.69, 9.17) is 9.84 Å². The average Bonchev–Trinajstić information content (AvgIpc) is 2.88. The van der Waals surface area contributed by atoms with Crippen molar-refractivity contribution in [2.45, 2.75) is 31.2 Å². The summed E-state index contributed by atoms with van der Waals surface area (Å²) < 4.78 is 42.2. The van der Waals surface area contributed by atoms with Gasteiger partial charge >= 0.3 is 12.1 Å². The first kappa shape index (κ1) is 15.3. The minimum Gasteiger partial charge on any atom is -0.479 e. The number of nitrogens with one attached hydrogen (secondary N) is 1. The molecule has 21 heavy (non-hydrogen) atoms. The van der Waals surface area contributed by atoms with E-state index in [1.807, 2.05) is 0 Å². The lowest BCUT2D eigenvalue weighted by Gasteiger charge is -2.12. The van der Waals surface area contributed by atoms with Gasteiger partial charge in [0.25, 0.3) is 5.91 Å². The summed E-state index contributed by atoms with van der Waals surface area (Å²) in [5, 5.41) is 11.1. The highest BCUT2D eigenvalue weighted by atomic mass is 19.4. The highest BCUT2D eigenvalue weighted by Gasteiger charge is 2.35. The number of halogens is 3. The van der Waals surface area contributed by atoms with Crippen molar-refractivity contribution < 1.29 is 32.6 Å². The molecule has 0 saturated carbocycles. The number of carboxylic acid groups (broad SMARTS) is 1. The normalized spacial score (nSPS) is 22.0. The number of carboxylic acids is 1. The monoisotopic (exact) mass is 303 g/mol. The molecule has 2 N–H and O–H groups in total. The zero-order valence-corrected chi connectivity index (χ0v) is 10.7. The van der Waals surface area contributed by atoms with Crippen molar-refractivity contribution in [3.8, 4) is 0 Å². The van der Waals surface area contributed by atoms with Gasteiger partial charge in [-0.2, -0.15) is 13.2 Å². The smallest absolute Gasteiger partial charge is 0.416 e. The molecule has 0 radical (unpaired) electrons. The summed E-state index contributed by atoms with van der Waals surface area (Å²) >= 11 is 0. The Morgan fingerprint density at radius 3 is 2.19 bits per heavy atom. The Hall–Kier alpha value is -2.09. The minimum atomic E-state index is -4.44. The molecular formula is C13H12F3NO4. The second kappa shape index (κ2) is 5.72. The van der Waals surface area contributed by atoms with Crippen LogP contribution in [0.5, 0.6) is 0 Å². The van der Waals surface area contributed by atoms with Gasteiger partial charge < -0.3 is 15.2 Å². The Morgan fingerprint density at radius 2 is 1.71 bits per heavy atom. The standard InChI is InChI=1S/C13H12F3NO4/c14-13(15,16)7-1-3-8(4-2-7)17-11(18)9-5-6-10(21-9)12(19)20/h1-4,9-10H,5-6H2,(H,17,18)(H,19,20)/t9-,10+/m0/s1. The third kappa shape index (κ3) is 3.72. The van der Waals surface area contributed by atoms with Crippen LogP contribution in [-0.2, 0) is 20.5 Å². The van der Waals surface area contributed by atoms with E-state index in [9.17, 15) is 22.8 Å². The average molecular weight is 303 g/mol. The summed E-state index contributed by atoms with van der Waals surface area (Å²) in [6.45, 7) is 0. The number of amides is 1. The molecule has 5 nitrogen and oxygen atoms in total.